The summed E-state index contributed by atoms with van der Waals surface area (Å²) in [6.07, 6.45) is 1.84. The molecule has 0 aliphatic heterocycles. The molecule has 0 saturated heterocycles. The molecule has 0 aliphatic rings. The van der Waals surface area contributed by atoms with Crippen LogP contribution in [0.4, 0.5) is 5.69 Å². The van der Waals surface area contributed by atoms with E-state index in [9.17, 15) is 4.79 Å². The Balaban J connectivity index is 2.19. The fourth-order valence-electron chi connectivity index (χ4n) is 2.18. The van der Waals surface area contributed by atoms with Gasteiger partial charge in [0.1, 0.15) is 0 Å². The first-order chi connectivity index (χ1) is 10.6. The highest BCUT2D eigenvalue weighted by Crippen LogP contribution is 2.23. The molecule has 0 atom stereocenters. The van der Waals surface area contributed by atoms with Gasteiger partial charge in [0.15, 0.2) is 0 Å². The van der Waals surface area contributed by atoms with Crippen molar-refractivity contribution in [2.75, 3.05) is 19.0 Å². The van der Waals surface area contributed by atoms with E-state index in [1.165, 1.54) is 0 Å². The van der Waals surface area contributed by atoms with Crippen molar-refractivity contribution in [2.24, 2.45) is 0 Å². The summed E-state index contributed by atoms with van der Waals surface area (Å²) in [6, 6.07) is 16.4. The first-order valence-corrected chi connectivity index (χ1v) is 7.37. The molecule has 114 valence electrons. The maximum atomic E-state index is 11.6. The van der Waals surface area contributed by atoms with Gasteiger partial charge in [-0.1, -0.05) is 36.4 Å². The van der Waals surface area contributed by atoms with Crippen molar-refractivity contribution in [3.8, 4) is 11.1 Å². The average Bonchev–Trinajstić information content (AvgIpc) is 2.55. The summed E-state index contributed by atoms with van der Waals surface area (Å²) in [5, 5.41) is 3.14. The molecule has 0 heterocycles. The number of carbonyl (C=O) groups is 1. The van der Waals surface area contributed by atoms with Gasteiger partial charge in [-0.25, -0.2) is 4.79 Å². The molecule has 0 bridgehead atoms. The summed E-state index contributed by atoms with van der Waals surface area (Å²) in [6.45, 7) is 3.96. The van der Waals surface area contributed by atoms with Gasteiger partial charge >= 0.3 is 5.97 Å². The minimum atomic E-state index is -0.270. The van der Waals surface area contributed by atoms with Gasteiger partial charge < -0.3 is 10.1 Å². The topological polar surface area (TPSA) is 38.3 Å². The number of carbonyl (C=O) groups excluding carboxylic acids is 1. The molecule has 0 amide bonds. The van der Waals surface area contributed by atoms with Crippen molar-refractivity contribution in [1.29, 1.82) is 0 Å². The van der Waals surface area contributed by atoms with E-state index >= 15 is 0 Å². The van der Waals surface area contributed by atoms with Crippen molar-refractivity contribution in [3.05, 3.63) is 59.7 Å². The number of hydrogen-bond donors (Lipinski definition) is 1. The predicted molar refractivity (Wildman–Crippen MR) is 91.7 cm³/mol. The van der Waals surface area contributed by atoms with Crippen molar-refractivity contribution < 1.29 is 9.53 Å². The van der Waals surface area contributed by atoms with E-state index in [-0.39, 0.29) is 5.97 Å². The third-order valence-corrected chi connectivity index (χ3v) is 3.38. The molecule has 0 aliphatic carbocycles. The van der Waals surface area contributed by atoms with E-state index in [0.717, 1.165) is 22.4 Å². The van der Waals surface area contributed by atoms with E-state index in [2.05, 4.69) is 29.6 Å². The number of nitrogens with one attached hydrogen (secondary N) is 1. The second kappa shape index (κ2) is 7.46. The molecule has 0 aromatic heterocycles. The fourth-order valence-corrected chi connectivity index (χ4v) is 2.18. The van der Waals surface area contributed by atoms with Crippen LogP contribution in [0, 0.1) is 0 Å². The molecule has 22 heavy (non-hydrogen) atoms. The SMILES string of the molecule is CCOC(=O)C(C)=Cc1ccc(-c2cccc(NC)c2)cc1. The van der Waals surface area contributed by atoms with Crippen LogP contribution in [0.3, 0.4) is 0 Å². The number of benzene rings is 2. The zero-order chi connectivity index (χ0) is 15.9. The lowest BCUT2D eigenvalue weighted by molar-refractivity contribution is -0.138. The molecule has 0 saturated carbocycles. The monoisotopic (exact) mass is 295 g/mol. The maximum absolute atomic E-state index is 11.6. The first kappa shape index (κ1) is 15.8. The average molecular weight is 295 g/mol. The molecule has 2 aromatic rings. The third kappa shape index (κ3) is 3.98. The molecule has 2 aromatic carbocycles. The molecule has 0 unspecified atom stereocenters. The second-order valence-corrected chi connectivity index (χ2v) is 5.00. The van der Waals surface area contributed by atoms with Gasteiger partial charge in [0.2, 0.25) is 0 Å². The zero-order valence-corrected chi connectivity index (χ0v) is 13.2. The van der Waals surface area contributed by atoms with Crippen LogP contribution in [0.1, 0.15) is 19.4 Å². The van der Waals surface area contributed by atoms with Crippen molar-refractivity contribution >= 4 is 17.7 Å². The predicted octanol–water partition coefficient (Wildman–Crippen LogP) is 4.36. The highest BCUT2D eigenvalue weighted by Gasteiger charge is 2.04. The van der Waals surface area contributed by atoms with E-state index in [4.69, 9.17) is 4.74 Å². The number of anilines is 1. The minimum absolute atomic E-state index is 0.270. The second-order valence-electron chi connectivity index (χ2n) is 5.00. The van der Waals surface area contributed by atoms with E-state index in [1.807, 2.05) is 37.4 Å². The number of hydrogen-bond acceptors (Lipinski definition) is 3. The molecular formula is C19H21NO2. The summed E-state index contributed by atoms with van der Waals surface area (Å²) in [5.74, 6) is -0.270. The van der Waals surface area contributed by atoms with Crippen molar-refractivity contribution in [2.45, 2.75) is 13.8 Å². The van der Waals surface area contributed by atoms with E-state index in [0.29, 0.717) is 12.2 Å². The van der Waals surface area contributed by atoms with Crippen LogP contribution in [0.5, 0.6) is 0 Å². The van der Waals surface area contributed by atoms with Crippen LogP contribution < -0.4 is 5.32 Å². The minimum Gasteiger partial charge on any atom is -0.463 e. The van der Waals surface area contributed by atoms with Gasteiger partial charge in [-0.3, -0.25) is 0 Å². The van der Waals surface area contributed by atoms with Crippen LogP contribution in [0.15, 0.2) is 54.1 Å². The third-order valence-electron chi connectivity index (χ3n) is 3.38. The Morgan fingerprint density at radius 2 is 1.86 bits per heavy atom. The highest BCUT2D eigenvalue weighted by atomic mass is 16.5. The van der Waals surface area contributed by atoms with Gasteiger partial charge in [0.05, 0.1) is 6.61 Å². The highest BCUT2D eigenvalue weighted by molar-refractivity contribution is 5.93. The molecule has 2 rings (SSSR count). The first-order valence-electron chi connectivity index (χ1n) is 7.37. The molecule has 0 fully saturated rings. The summed E-state index contributed by atoms with van der Waals surface area (Å²) in [4.78, 5) is 11.6. The van der Waals surface area contributed by atoms with Gasteiger partial charge in [0.25, 0.3) is 0 Å². The molecule has 1 N–H and O–H groups in total. The van der Waals surface area contributed by atoms with E-state index in [1.54, 1.807) is 13.8 Å². The molecular weight excluding hydrogens is 274 g/mol. The fraction of sp³-hybridized carbons (Fsp3) is 0.211. The Labute approximate surface area is 131 Å². The standard InChI is InChI=1S/C19H21NO2/c1-4-22-19(21)14(2)12-15-8-10-16(11-9-15)17-6-5-7-18(13-17)20-3/h5-13,20H,4H2,1-3H3. The number of rotatable bonds is 5. The lowest BCUT2D eigenvalue weighted by Crippen LogP contribution is -2.04. The lowest BCUT2D eigenvalue weighted by atomic mass is 10.0. The van der Waals surface area contributed by atoms with Gasteiger partial charge in [0, 0.05) is 18.3 Å². The smallest absolute Gasteiger partial charge is 0.333 e. The molecule has 0 spiro atoms. The summed E-state index contributed by atoms with van der Waals surface area (Å²) in [5.41, 5.74) is 4.97. The number of esters is 1. The van der Waals surface area contributed by atoms with Crippen LogP contribution in [-0.2, 0) is 9.53 Å². The van der Waals surface area contributed by atoms with E-state index < -0.39 is 0 Å². The zero-order valence-electron chi connectivity index (χ0n) is 13.2. The van der Waals surface area contributed by atoms with Crippen molar-refractivity contribution in [3.63, 3.8) is 0 Å². The quantitative estimate of drug-likeness (QED) is 0.658. The van der Waals surface area contributed by atoms with Crippen molar-refractivity contribution in [1.82, 2.24) is 0 Å². The largest absolute Gasteiger partial charge is 0.463 e. The van der Waals surface area contributed by atoms with Crippen LogP contribution in [-0.4, -0.2) is 19.6 Å². The summed E-state index contributed by atoms with van der Waals surface area (Å²) in [7, 11) is 1.91. The summed E-state index contributed by atoms with van der Waals surface area (Å²) < 4.78 is 4.98. The Hall–Kier alpha value is -2.55. The maximum Gasteiger partial charge on any atom is 0.333 e. The molecule has 3 nitrogen and oxygen atoms in total. The Morgan fingerprint density at radius 3 is 2.50 bits per heavy atom. The van der Waals surface area contributed by atoms with Gasteiger partial charge in [-0.2, -0.15) is 0 Å². The van der Waals surface area contributed by atoms with Gasteiger partial charge in [-0.05, 0) is 48.7 Å². The Kier molecular flexibility index (Phi) is 5.37. The normalized spacial score (nSPS) is 11.1. The van der Waals surface area contributed by atoms with Crippen LogP contribution in [0.2, 0.25) is 0 Å². The Morgan fingerprint density at radius 1 is 1.14 bits per heavy atom. The summed E-state index contributed by atoms with van der Waals surface area (Å²) >= 11 is 0. The lowest BCUT2D eigenvalue weighted by Gasteiger charge is -2.06. The Bertz CT molecular complexity index is 672. The number of ether oxygens (including phenoxy) is 1. The van der Waals surface area contributed by atoms with Gasteiger partial charge in [-0.15, -0.1) is 0 Å². The van der Waals surface area contributed by atoms with Crippen LogP contribution >= 0.6 is 0 Å². The molecule has 3 heteroatoms. The van der Waals surface area contributed by atoms with Crippen LogP contribution in [0.25, 0.3) is 17.2 Å². The molecule has 0 radical (unpaired) electrons.